The van der Waals surface area contributed by atoms with Crippen LogP contribution in [0.25, 0.3) is 0 Å². The number of nitrogens with one attached hydrogen (secondary N) is 3. The molecule has 1 atom stereocenters. The van der Waals surface area contributed by atoms with Crippen LogP contribution in [-0.4, -0.2) is 19.6 Å². The van der Waals surface area contributed by atoms with E-state index in [4.69, 9.17) is 4.74 Å². The molecule has 0 fully saturated rings. The molecule has 5 nitrogen and oxygen atoms in total. The number of amides is 1. The highest BCUT2D eigenvalue weighted by Crippen LogP contribution is 2.41. The molecule has 1 aliphatic rings. The summed E-state index contributed by atoms with van der Waals surface area (Å²) in [5, 5.41) is 3.06. The van der Waals surface area contributed by atoms with Crippen molar-refractivity contribution in [2.45, 2.75) is 33.6 Å². The highest BCUT2D eigenvalue weighted by molar-refractivity contribution is 5.80. The summed E-state index contributed by atoms with van der Waals surface area (Å²) in [5.74, 6) is 0.993. The van der Waals surface area contributed by atoms with Crippen LogP contribution in [0.1, 0.15) is 33.6 Å². The molecule has 1 amide bonds. The molecule has 0 radical (unpaired) electrons. The Kier molecular flexibility index (Phi) is 7.11. The van der Waals surface area contributed by atoms with Crippen molar-refractivity contribution < 1.29 is 9.53 Å². The number of anilines is 1. The first-order valence-corrected chi connectivity index (χ1v) is 9.28. The molecule has 0 spiro atoms. The highest BCUT2D eigenvalue weighted by Gasteiger charge is 2.30. The molecule has 1 aromatic carbocycles. The zero-order chi connectivity index (χ0) is 19.9. The molecule has 146 valence electrons. The Morgan fingerprint density at radius 1 is 1.30 bits per heavy atom. The van der Waals surface area contributed by atoms with Crippen LogP contribution in [0, 0.1) is 11.3 Å². The average Bonchev–Trinajstić information content (AvgIpc) is 2.64. The lowest BCUT2D eigenvalue weighted by Crippen LogP contribution is -2.39. The Labute approximate surface area is 162 Å². The molecule has 0 aliphatic heterocycles. The minimum Gasteiger partial charge on any atom is -0.497 e. The van der Waals surface area contributed by atoms with Crippen LogP contribution in [0.4, 0.5) is 5.69 Å². The zero-order valence-electron chi connectivity index (χ0n) is 16.8. The van der Waals surface area contributed by atoms with Gasteiger partial charge in [-0.05, 0) is 55.5 Å². The molecular formula is C22H31N3O2. The van der Waals surface area contributed by atoms with Gasteiger partial charge in [0, 0.05) is 17.3 Å². The molecule has 5 heteroatoms. The highest BCUT2D eigenvalue weighted by atomic mass is 16.5. The van der Waals surface area contributed by atoms with Crippen molar-refractivity contribution in [3.05, 3.63) is 60.3 Å². The van der Waals surface area contributed by atoms with Crippen LogP contribution < -0.4 is 20.9 Å². The smallest absolute Gasteiger partial charge is 0.257 e. The Morgan fingerprint density at radius 2 is 2.00 bits per heavy atom. The lowest BCUT2D eigenvalue weighted by Gasteiger charge is -2.36. The molecule has 0 heterocycles. The van der Waals surface area contributed by atoms with E-state index in [0.717, 1.165) is 17.9 Å². The second-order valence-electron chi connectivity index (χ2n) is 7.59. The van der Waals surface area contributed by atoms with E-state index in [9.17, 15) is 4.79 Å². The maximum Gasteiger partial charge on any atom is 0.257 e. The fourth-order valence-electron chi connectivity index (χ4n) is 3.32. The van der Waals surface area contributed by atoms with E-state index in [-0.39, 0.29) is 17.9 Å². The summed E-state index contributed by atoms with van der Waals surface area (Å²) in [6, 6.07) is 7.41. The molecule has 0 bridgehead atoms. The van der Waals surface area contributed by atoms with E-state index in [1.54, 1.807) is 7.11 Å². The molecule has 0 aromatic heterocycles. The van der Waals surface area contributed by atoms with Crippen LogP contribution in [0.5, 0.6) is 5.75 Å². The molecule has 1 aliphatic carbocycles. The molecule has 2 rings (SSSR count). The lowest BCUT2D eigenvalue weighted by atomic mass is 9.68. The third-order valence-corrected chi connectivity index (χ3v) is 4.98. The number of carbonyl (C=O) groups excluding carboxylic acids is 1. The Morgan fingerprint density at radius 3 is 2.63 bits per heavy atom. The summed E-state index contributed by atoms with van der Waals surface area (Å²) < 4.78 is 5.11. The maximum atomic E-state index is 12.0. The van der Waals surface area contributed by atoms with Gasteiger partial charge in [0.05, 0.1) is 13.7 Å². The van der Waals surface area contributed by atoms with Crippen LogP contribution in [0.3, 0.4) is 0 Å². The molecule has 3 N–H and O–H groups in total. The van der Waals surface area contributed by atoms with Crippen molar-refractivity contribution in [2.24, 2.45) is 11.3 Å². The number of hydrogen-bond donors (Lipinski definition) is 3. The molecule has 0 saturated heterocycles. The minimum absolute atomic E-state index is 0.161. The second-order valence-corrected chi connectivity index (χ2v) is 7.59. The van der Waals surface area contributed by atoms with Gasteiger partial charge in [0.25, 0.3) is 5.91 Å². The summed E-state index contributed by atoms with van der Waals surface area (Å²) in [5.41, 5.74) is 8.65. The molecule has 0 saturated carbocycles. The second kappa shape index (κ2) is 9.31. The predicted molar refractivity (Wildman–Crippen MR) is 111 cm³/mol. The molecule has 27 heavy (non-hydrogen) atoms. The van der Waals surface area contributed by atoms with Crippen molar-refractivity contribution >= 4 is 11.6 Å². The summed E-state index contributed by atoms with van der Waals surface area (Å²) in [4.78, 5) is 12.0. The number of methoxy groups -OCH3 is 1. The summed E-state index contributed by atoms with van der Waals surface area (Å²) in [6.07, 6.45) is 8.73. The van der Waals surface area contributed by atoms with Gasteiger partial charge in [-0.3, -0.25) is 15.6 Å². The van der Waals surface area contributed by atoms with E-state index in [0.29, 0.717) is 11.6 Å². The van der Waals surface area contributed by atoms with Gasteiger partial charge in [-0.2, -0.15) is 0 Å². The van der Waals surface area contributed by atoms with Gasteiger partial charge in [0.15, 0.2) is 0 Å². The maximum absolute atomic E-state index is 12.0. The van der Waals surface area contributed by atoms with E-state index >= 15 is 0 Å². The summed E-state index contributed by atoms with van der Waals surface area (Å²) >= 11 is 0. The SMILES string of the molecule is C=C(/C=C/[C@H]1C(C)=CCCC1(C)C)NNC(=O)CNc1ccc(OC)cc1. The number of ether oxygens (including phenoxy) is 1. The first-order chi connectivity index (χ1) is 12.8. The largest absolute Gasteiger partial charge is 0.497 e. The van der Waals surface area contributed by atoms with E-state index in [1.165, 1.54) is 12.0 Å². The van der Waals surface area contributed by atoms with Crippen LogP contribution in [0.15, 0.2) is 60.3 Å². The number of benzene rings is 1. The normalized spacial score (nSPS) is 18.5. The van der Waals surface area contributed by atoms with Crippen LogP contribution in [0.2, 0.25) is 0 Å². The summed E-state index contributed by atoms with van der Waals surface area (Å²) in [7, 11) is 1.62. The van der Waals surface area contributed by atoms with Crippen molar-refractivity contribution in [3.63, 3.8) is 0 Å². The van der Waals surface area contributed by atoms with Crippen molar-refractivity contribution in [1.29, 1.82) is 0 Å². The Balaban J connectivity index is 1.76. The number of hydrogen-bond acceptors (Lipinski definition) is 4. The first-order valence-electron chi connectivity index (χ1n) is 9.28. The Bertz CT molecular complexity index is 718. The van der Waals surface area contributed by atoms with Gasteiger partial charge >= 0.3 is 0 Å². The van der Waals surface area contributed by atoms with Crippen molar-refractivity contribution in [2.75, 3.05) is 19.0 Å². The van der Waals surface area contributed by atoms with Crippen LogP contribution >= 0.6 is 0 Å². The lowest BCUT2D eigenvalue weighted by molar-refractivity contribution is -0.120. The monoisotopic (exact) mass is 369 g/mol. The first kappa shape index (κ1) is 20.6. The van der Waals surface area contributed by atoms with Gasteiger partial charge < -0.3 is 10.1 Å². The zero-order valence-corrected chi connectivity index (χ0v) is 16.8. The number of carbonyl (C=O) groups is 1. The molecule has 0 unspecified atom stereocenters. The minimum atomic E-state index is -0.172. The standard InChI is InChI=1S/C22H31N3O2/c1-16-7-6-14-22(3,4)20(16)13-8-17(2)24-25-21(26)15-23-18-9-11-19(27-5)12-10-18/h7-13,20,23-24H,2,6,14-15H2,1,3-5H3,(H,25,26)/b13-8+/t20-/m0/s1. The number of hydrazine groups is 1. The van der Waals surface area contributed by atoms with Gasteiger partial charge in [-0.1, -0.05) is 38.2 Å². The molecular weight excluding hydrogens is 338 g/mol. The Hall–Kier alpha value is -2.69. The number of rotatable bonds is 8. The summed E-state index contributed by atoms with van der Waals surface area (Å²) in [6.45, 7) is 10.9. The van der Waals surface area contributed by atoms with Gasteiger partial charge in [0.2, 0.25) is 0 Å². The number of allylic oxidation sites excluding steroid dienone is 4. The fourth-order valence-corrected chi connectivity index (χ4v) is 3.32. The van der Waals surface area contributed by atoms with Crippen molar-refractivity contribution in [3.8, 4) is 5.75 Å². The van der Waals surface area contributed by atoms with E-state index in [1.807, 2.05) is 30.3 Å². The predicted octanol–water partition coefficient (Wildman–Crippen LogP) is 4.18. The van der Waals surface area contributed by atoms with Gasteiger partial charge in [-0.15, -0.1) is 0 Å². The van der Waals surface area contributed by atoms with Crippen molar-refractivity contribution in [1.82, 2.24) is 10.9 Å². The topological polar surface area (TPSA) is 62.4 Å². The van der Waals surface area contributed by atoms with Crippen LogP contribution in [-0.2, 0) is 4.79 Å². The fraction of sp³-hybridized carbons (Fsp3) is 0.409. The van der Waals surface area contributed by atoms with Gasteiger partial charge in [-0.25, -0.2) is 0 Å². The quantitative estimate of drug-likeness (QED) is 0.365. The van der Waals surface area contributed by atoms with Gasteiger partial charge in [0.1, 0.15) is 5.75 Å². The van der Waals surface area contributed by atoms with E-state index < -0.39 is 0 Å². The molecule has 1 aromatic rings. The third kappa shape index (κ3) is 6.20. The average molecular weight is 370 g/mol. The third-order valence-electron chi connectivity index (χ3n) is 4.98. The van der Waals surface area contributed by atoms with E-state index in [2.05, 4.69) is 55.7 Å².